The number of methoxy groups -OCH3 is 1. The Hall–Kier alpha value is -2.82. The molecule has 5 nitrogen and oxygen atoms in total. The maximum absolute atomic E-state index is 5.71. The van der Waals surface area contributed by atoms with Gasteiger partial charge in [-0.1, -0.05) is 32.0 Å². The molecule has 0 saturated heterocycles. The Morgan fingerprint density at radius 1 is 1.08 bits per heavy atom. The van der Waals surface area contributed by atoms with E-state index >= 15 is 0 Å². The van der Waals surface area contributed by atoms with Crippen LogP contribution in [0.3, 0.4) is 0 Å². The van der Waals surface area contributed by atoms with Gasteiger partial charge in [0.2, 0.25) is 11.8 Å². The molecule has 0 aliphatic rings. The molecule has 1 aromatic heterocycles. The van der Waals surface area contributed by atoms with Gasteiger partial charge in [0.15, 0.2) is 0 Å². The Labute approximate surface area is 141 Å². The van der Waals surface area contributed by atoms with Crippen LogP contribution in [0.25, 0.3) is 11.5 Å². The first kappa shape index (κ1) is 16.1. The fourth-order valence-corrected chi connectivity index (χ4v) is 2.36. The molecule has 3 rings (SSSR count). The highest BCUT2D eigenvalue weighted by atomic mass is 16.5. The van der Waals surface area contributed by atoms with Gasteiger partial charge in [-0.3, -0.25) is 0 Å². The molecule has 0 aliphatic carbocycles. The predicted octanol–water partition coefficient (Wildman–Crippen LogP) is 4.48. The van der Waals surface area contributed by atoms with Gasteiger partial charge in [0.25, 0.3) is 0 Å². The van der Waals surface area contributed by atoms with Crippen LogP contribution in [-0.2, 0) is 6.54 Å². The van der Waals surface area contributed by atoms with Gasteiger partial charge in [0.1, 0.15) is 5.75 Å². The molecule has 0 amide bonds. The van der Waals surface area contributed by atoms with E-state index in [1.165, 1.54) is 5.56 Å². The summed E-state index contributed by atoms with van der Waals surface area (Å²) in [5.41, 5.74) is 3.19. The molecule has 0 radical (unpaired) electrons. The number of anilines is 1. The molecule has 124 valence electrons. The van der Waals surface area contributed by atoms with Crippen LogP contribution >= 0.6 is 0 Å². The molecule has 24 heavy (non-hydrogen) atoms. The molecule has 0 aliphatic heterocycles. The van der Waals surface area contributed by atoms with E-state index in [9.17, 15) is 0 Å². The molecule has 0 atom stereocenters. The number of nitrogens with zero attached hydrogens (tertiary/aromatic N) is 2. The van der Waals surface area contributed by atoms with Crippen molar-refractivity contribution in [2.75, 3.05) is 12.4 Å². The van der Waals surface area contributed by atoms with Crippen LogP contribution in [0.5, 0.6) is 5.75 Å². The lowest BCUT2D eigenvalue weighted by Gasteiger charge is -2.07. The average molecular weight is 323 g/mol. The summed E-state index contributed by atoms with van der Waals surface area (Å²) in [6.45, 7) is 4.85. The van der Waals surface area contributed by atoms with Crippen molar-refractivity contribution < 1.29 is 9.15 Å². The summed E-state index contributed by atoms with van der Waals surface area (Å²) in [7, 11) is 1.63. The van der Waals surface area contributed by atoms with Crippen LogP contribution in [0.2, 0.25) is 0 Å². The zero-order valence-corrected chi connectivity index (χ0v) is 14.1. The van der Waals surface area contributed by atoms with E-state index in [1.807, 2.05) is 24.3 Å². The summed E-state index contributed by atoms with van der Waals surface area (Å²) in [6, 6.07) is 15.9. The third-order valence-corrected chi connectivity index (χ3v) is 3.80. The van der Waals surface area contributed by atoms with E-state index < -0.39 is 0 Å². The number of rotatable bonds is 6. The van der Waals surface area contributed by atoms with Gasteiger partial charge >= 0.3 is 0 Å². The molecule has 0 bridgehead atoms. The lowest BCUT2D eigenvalue weighted by Crippen LogP contribution is -2.00. The van der Waals surface area contributed by atoms with Gasteiger partial charge in [-0.15, -0.1) is 10.2 Å². The zero-order chi connectivity index (χ0) is 16.9. The fraction of sp³-hybridized carbons (Fsp3) is 0.263. The first-order valence-corrected chi connectivity index (χ1v) is 7.96. The minimum absolute atomic E-state index is 0.484. The van der Waals surface area contributed by atoms with Gasteiger partial charge in [0.05, 0.1) is 13.7 Å². The SMILES string of the molecule is COc1cccc(-c2nnc(CNc3ccc(C(C)C)cc3)o2)c1. The van der Waals surface area contributed by atoms with E-state index in [1.54, 1.807) is 7.11 Å². The van der Waals surface area contributed by atoms with Crippen LogP contribution < -0.4 is 10.1 Å². The smallest absolute Gasteiger partial charge is 0.247 e. The fourth-order valence-electron chi connectivity index (χ4n) is 2.36. The summed E-state index contributed by atoms with van der Waals surface area (Å²) in [5.74, 6) is 2.32. The molecule has 5 heteroatoms. The number of ether oxygens (including phenoxy) is 1. The van der Waals surface area contributed by atoms with Crippen LogP contribution in [0.4, 0.5) is 5.69 Å². The zero-order valence-electron chi connectivity index (χ0n) is 14.1. The van der Waals surface area contributed by atoms with Gasteiger partial charge in [-0.05, 0) is 41.8 Å². The monoisotopic (exact) mass is 323 g/mol. The van der Waals surface area contributed by atoms with Crippen molar-refractivity contribution in [1.82, 2.24) is 10.2 Å². The van der Waals surface area contributed by atoms with Crippen molar-refractivity contribution in [2.24, 2.45) is 0 Å². The first-order valence-electron chi connectivity index (χ1n) is 7.96. The van der Waals surface area contributed by atoms with Crippen molar-refractivity contribution in [1.29, 1.82) is 0 Å². The second-order valence-electron chi connectivity index (χ2n) is 5.86. The second-order valence-corrected chi connectivity index (χ2v) is 5.86. The van der Waals surface area contributed by atoms with E-state index in [0.717, 1.165) is 17.0 Å². The molecule has 3 aromatic rings. The number of aromatic nitrogens is 2. The maximum Gasteiger partial charge on any atom is 0.247 e. The van der Waals surface area contributed by atoms with Crippen molar-refractivity contribution in [3.05, 3.63) is 60.0 Å². The highest BCUT2D eigenvalue weighted by molar-refractivity contribution is 5.55. The van der Waals surface area contributed by atoms with Crippen LogP contribution in [0, 0.1) is 0 Å². The minimum atomic E-state index is 0.484. The average Bonchev–Trinajstić information content (AvgIpc) is 3.09. The molecule has 0 unspecified atom stereocenters. The topological polar surface area (TPSA) is 60.2 Å². The summed E-state index contributed by atoms with van der Waals surface area (Å²) in [4.78, 5) is 0. The third kappa shape index (κ3) is 3.74. The summed E-state index contributed by atoms with van der Waals surface area (Å²) in [5, 5.41) is 11.5. The van der Waals surface area contributed by atoms with Crippen molar-refractivity contribution >= 4 is 5.69 Å². The molecule has 1 N–H and O–H groups in total. The molecule has 0 spiro atoms. The standard InChI is InChI=1S/C19H21N3O2/c1-13(2)14-7-9-16(10-8-14)20-12-18-21-22-19(24-18)15-5-4-6-17(11-15)23-3/h4-11,13,20H,12H2,1-3H3. The number of nitrogens with one attached hydrogen (secondary N) is 1. The Bertz CT molecular complexity index is 794. The van der Waals surface area contributed by atoms with Crippen molar-refractivity contribution in [2.45, 2.75) is 26.3 Å². The largest absolute Gasteiger partial charge is 0.497 e. The summed E-state index contributed by atoms with van der Waals surface area (Å²) >= 11 is 0. The van der Waals surface area contributed by atoms with E-state index in [0.29, 0.717) is 24.2 Å². The van der Waals surface area contributed by atoms with Crippen LogP contribution in [0.1, 0.15) is 31.2 Å². The van der Waals surface area contributed by atoms with Gasteiger partial charge < -0.3 is 14.5 Å². The summed E-state index contributed by atoms with van der Waals surface area (Å²) in [6.07, 6.45) is 0. The van der Waals surface area contributed by atoms with Gasteiger partial charge in [0, 0.05) is 11.3 Å². The van der Waals surface area contributed by atoms with Gasteiger partial charge in [-0.2, -0.15) is 0 Å². The molecule has 1 heterocycles. The lowest BCUT2D eigenvalue weighted by atomic mass is 10.0. The molecular weight excluding hydrogens is 302 g/mol. The highest BCUT2D eigenvalue weighted by Gasteiger charge is 2.09. The van der Waals surface area contributed by atoms with Gasteiger partial charge in [-0.25, -0.2) is 0 Å². The predicted molar refractivity (Wildman–Crippen MR) is 94.1 cm³/mol. The Morgan fingerprint density at radius 2 is 1.88 bits per heavy atom. The normalized spacial score (nSPS) is 10.8. The highest BCUT2D eigenvalue weighted by Crippen LogP contribution is 2.23. The molecule has 0 saturated carbocycles. The minimum Gasteiger partial charge on any atom is -0.497 e. The van der Waals surface area contributed by atoms with Crippen LogP contribution in [0.15, 0.2) is 52.9 Å². The first-order chi connectivity index (χ1) is 11.7. The molecular formula is C19H21N3O2. The maximum atomic E-state index is 5.71. The Balaban J connectivity index is 1.65. The number of hydrogen-bond acceptors (Lipinski definition) is 5. The number of benzene rings is 2. The third-order valence-electron chi connectivity index (χ3n) is 3.80. The molecule has 2 aromatic carbocycles. The van der Waals surface area contributed by atoms with E-state index in [-0.39, 0.29) is 0 Å². The number of hydrogen-bond donors (Lipinski definition) is 1. The Kier molecular flexibility index (Phi) is 4.79. The molecule has 0 fully saturated rings. The lowest BCUT2D eigenvalue weighted by molar-refractivity contribution is 0.414. The van der Waals surface area contributed by atoms with E-state index in [4.69, 9.17) is 9.15 Å². The second kappa shape index (κ2) is 7.17. The Morgan fingerprint density at radius 3 is 2.58 bits per heavy atom. The van der Waals surface area contributed by atoms with Crippen molar-refractivity contribution in [3.8, 4) is 17.2 Å². The van der Waals surface area contributed by atoms with Crippen molar-refractivity contribution in [3.63, 3.8) is 0 Å². The quantitative estimate of drug-likeness (QED) is 0.724. The summed E-state index contributed by atoms with van der Waals surface area (Å²) < 4.78 is 10.9. The van der Waals surface area contributed by atoms with E-state index in [2.05, 4.69) is 53.6 Å². The van der Waals surface area contributed by atoms with Crippen LogP contribution in [-0.4, -0.2) is 17.3 Å².